The molecule has 4 atom stereocenters. The molecule has 4 fully saturated rings. The molecule has 162 valence electrons. The lowest BCUT2D eigenvalue weighted by Gasteiger charge is -2.42. The van der Waals surface area contributed by atoms with Crippen LogP contribution >= 0.6 is 0 Å². The van der Waals surface area contributed by atoms with Crippen molar-refractivity contribution < 1.29 is 14.3 Å². The van der Waals surface area contributed by atoms with Gasteiger partial charge in [0.2, 0.25) is 5.91 Å². The molecule has 6 rings (SSSR count). The molecule has 2 N–H and O–H groups in total. The number of amides is 2. The van der Waals surface area contributed by atoms with Crippen LogP contribution in [-0.4, -0.2) is 40.1 Å². The number of hydrogen-bond donors (Lipinski definition) is 2. The summed E-state index contributed by atoms with van der Waals surface area (Å²) in [6.45, 7) is 7.47. The summed E-state index contributed by atoms with van der Waals surface area (Å²) < 4.78 is 5.53. The summed E-state index contributed by atoms with van der Waals surface area (Å²) >= 11 is 0. The van der Waals surface area contributed by atoms with E-state index in [0.717, 1.165) is 25.7 Å². The lowest BCUT2D eigenvalue weighted by Crippen LogP contribution is -2.56. The third-order valence-corrected chi connectivity index (χ3v) is 7.57. The van der Waals surface area contributed by atoms with E-state index in [1.165, 1.54) is 17.5 Å². The number of ether oxygens (including phenoxy) is 1. The molecular weight excluding hydrogens is 378 g/mol. The van der Waals surface area contributed by atoms with E-state index >= 15 is 0 Å². The van der Waals surface area contributed by atoms with Gasteiger partial charge in [0.1, 0.15) is 5.60 Å². The van der Waals surface area contributed by atoms with E-state index < -0.39 is 5.60 Å². The molecule has 0 spiro atoms. The molecular formula is C24H33N3O3. The van der Waals surface area contributed by atoms with E-state index in [2.05, 4.69) is 22.8 Å². The summed E-state index contributed by atoms with van der Waals surface area (Å²) in [5.41, 5.74) is 1.80. The van der Waals surface area contributed by atoms with Gasteiger partial charge in [-0.25, -0.2) is 4.79 Å². The highest BCUT2D eigenvalue weighted by atomic mass is 16.6. The minimum absolute atomic E-state index is 0.0276. The SMILES string of the molecule is CC(C)(C)OC(=O)NC12CC3CC(C1)C(NCC(=O)N1Cc4ccccc4C1)(C3)C2. The average Bonchev–Trinajstić information content (AvgIpc) is 3.23. The molecule has 5 aliphatic rings. The molecule has 30 heavy (non-hydrogen) atoms. The lowest BCUT2D eigenvalue weighted by molar-refractivity contribution is -0.131. The van der Waals surface area contributed by atoms with Gasteiger partial charge in [-0.15, -0.1) is 0 Å². The second kappa shape index (κ2) is 6.71. The fourth-order valence-corrected chi connectivity index (χ4v) is 6.72. The highest BCUT2D eigenvalue weighted by molar-refractivity contribution is 5.79. The molecule has 1 aromatic carbocycles. The summed E-state index contributed by atoms with van der Waals surface area (Å²) in [6.07, 6.45) is 4.91. The molecule has 4 saturated carbocycles. The van der Waals surface area contributed by atoms with Crippen molar-refractivity contribution in [1.82, 2.24) is 15.5 Å². The zero-order valence-electron chi connectivity index (χ0n) is 18.3. The summed E-state index contributed by atoms with van der Waals surface area (Å²) in [5.74, 6) is 1.31. The van der Waals surface area contributed by atoms with Crippen molar-refractivity contribution >= 4 is 12.0 Å². The molecule has 6 nitrogen and oxygen atoms in total. The summed E-state index contributed by atoms with van der Waals surface area (Å²) in [6, 6.07) is 8.29. The van der Waals surface area contributed by atoms with Crippen LogP contribution in [0.5, 0.6) is 0 Å². The second-order valence-electron chi connectivity index (χ2n) is 11.0. The third-order valence-electron chi connectivity index (χ3n) is 7.57. The van der Waals surface area contributed by atoms with Crippen molar-refractivity contribution in [3.63, 3.8) is 0 Å². The number of fused-ring (bicyclic) bond motifs is 1. The Morgan fingerprint density at radius 1 is 1.13 bits per heavy atom. The molecule has 2 amide bonds. The summed E-state index contributed by atoms with van der Waals surface area (Å²) in [5, 5.41) is 6.91. The fraction of sp³-hybridized carbons (Fsp3) is 0.667. The van der Waals surface area contributed by atoms with E-state index in [9.17, 15) is 9.59 Å². The zero-order chi connectivity index (χ0) is 21.1. The molecule has 0 radical (unpaired) electrons. The normalized spacial score (nSPS) is 33.6. The average molecular weight is 412 g/mol. The van der Waals surface area contributed by atoms with Gasteiger partial charge in [0.25, 0.3) is 0 Å². The molecule has 0 aromatic heterocycles. The van der Waals surface area contributed by atoms with Crippen LogP contribution < -0.4 is 10.6 Å². The smallest absolute Gasteiger partial charge is 0.408 e. The first kappa shape index (κ1) is 19.9. The van der Waals surface area contributed by atoms with E-state index in [-0.39, 0.29) is 23.1 Å². The van der Waals surface area contributed by atoms with Crippen LogP contribution in [-0.2, 0) is 22.6 Å². The van der Waals surface area contributed by atoms with Gasteiger partial charge in [0.15, 0.2) is 0 Å². The molecule has 4 unspecified atom stereocenters. The van der Waals surface area contributed by atoms with Crippen LogP contribution in [0.4, 0.5) is 4.79 Å². The molecule has 4 aliphatic carbocycles. The maximum atomic E-state index is 12.9. The Kier molecular flexibility index (Phi) is 4.44. The topological polar surface area (TPSA) is 70.7 Å². The van der Waals surface area contributed by atoms with Crippen molar-refractivity contribution in [3.05, 3.63) is 35.4 Å². The number of rotatable bonds is 4. The van der Waals surface area contributed by atoms with Crippen LogP contribution in [0.15, 0.2) is 24.3 Å². The number of benzene rings is 1. The van der Waals surface area contributed by atoms with E-state index in [0.29, 0.717) is 31.5 Å². The molecule has 1 aromatic rings. The van der Waals surface area contributed by atoms with Crippen LogP contribution in [0.1, 0.15) is 64.0 Å². The monoisotopic (exact) mass is 411 g/mol. The Morgan fingerprint density at radius 2 is 1.83 bits per heavy atom. The highest BCUT2D eigenvalue weighted by Gasteiger charge is 2.64. The Balaban J connectivity index is 1.22. The van der Waals surface area contributed by atoms with Gasteiger partial charge in [-0.2, -0.15) is 0 Å². The lowest BCUT2D eigenvalue weighted by atomic mass is 9.74. The molecule has 6 heteroatoms. The standard InChI is InChI=1S/C24H33N3O3/c1-22(2,3)30-21(29)26-23-9-16-8-19(11-23)24(10-16,15-23)25-12-20(28)27-13-17-6-4-5-7-18(17)14-27/h4-7,16,19,25H,8-15H2,1-3H3,(H,26,29). The first-order chi connectivity index (χ1) is 14.2. The fourth-order valence-electron chi connectivity index (χ4n) is 6.72. The predicted molar refractivity (Wildman–Crippen MR) is 114 cm³/mol. The van der Waals surface area contributed by atoms with Gasteiger partial charge >= 0.3 is 6.09 Å². The van der Waals surface area contributed by atoms with Crippen molar-refractivity contribution in [2.75, 3.05) is 6.54 Å². The van der Waals surface area contributed by atoms with Crippen molar-refractivity contribution in [1.29, 1.82) is 0 Å². The van der Waals surface area contributed by atoms with E-state index in [1.54, 1.807) is 0 Å². The van der Waals surface area contributed by atoms with Gasteiger partial charge in [-0.05, 0) is 75.8 Å². The Labute approximate surface area is 178 Å². The van der Waals surface area contributed by atoms with E-state index in [4.69, 9.17) is 4.74 Å². The molecule has 4 bridgehead atoms. The minimum Gasteiger partial charge on any atom is -0.444 e. The van der Waals surface area contributed by atoms with Crippen LogP contribution in [0.2, 0.25) is 0 Å². The third kappa shape index (κ3) is 3.49. The maximum Gasteiger partial charge on any atom is 0.408 e. The van der Waals surface area contributed by atoms with Crippen LogP contribution in [0.25, 0.3) is 0 Å². The van der Waals surface area contributed by atoms with Gasteiger partial charge < -0.3 is 20.3 Å². The van der Waals surface area contributed by atoms with Crippen LogP contribution in [0.3, 0.4) is 0 Å². The highest BCUT2D eigenvalue weighted by Crippen LogP contribution is 2.62. The first-order valence-corrected chi connectivity index (χ1v) is 11.3. The first-order valence-electron chi connectivity index (χ1n) is 11.3. The Morgan fingerprint density at radius 3 is 2.50 bits per heavy atom. The minimum atomic E-state index is -0.494. The largest absolute Gasteiger partial charge is 0.444 e. The number of carbonyl (C=O) groups excluding carboxylic acids is 2. The van der Waals surface area contributed by atoms with E-state index in [1.807, 2.05) is 37.8 Å². The Hall–Kier alpha value is -2.08. The molecule has 1 heterocycles. The number of carbonyl (C=O) groups is 2. The number of alkyl carbamates (subject to hydrolysis) is 1. The van der Waals surface area contributed by atoms with Gasteiger partial charge in [-0.3, -0.25) is 4.79 Å². The Bertz CT molecular complexity index is 854. The van der Waals surface area contributed by atoms with Gasteiger partial charge in [0, 0.05) is 24.2 Å². The van der Waals surface area contributed by atoms with Crippen molar-refractivity contribution in [3.8, 4) is 0 Å². The predicted octanol–water partition coefficient (Wildman–Crippen LogP) is 3.34. The quantitative estimate of drug-likeness (QED) is 0.797. The molecule has 1 aliphatic heterocycles. The summed E-state index contributed by atoms with van der Waals surface area (Å²) in [4.78, 5) is 27.4. The maximum absolute atomic E-state index is 12.9. The van der Waals surface area contributed by atoms with Crippen molar-refractivity contribution in [2.45, 2.75) is 82.6 Å². The van der Waals surface area contributed by atoms with Crippen molar-refractivity contribution in [2.24, 2.45) is 11.8 Å². The van der Waals surface area contributed by atoms with Gasteiger partial charge in [-0.1, -0.05) is 24.3 Å². The van der Waals surface area contributed by atoms with Gasteiger partial charge in [0.05, 0.1) is 6.54 Å². The summed E-state index contributed by atoms with van der Waals surface area (Å²) in [7, 11) is 0. The number of nitrogens with zero attached hydrogens (tertiary/aromatic N) is 1. The second-order valence-corrected chi connectivity index (χ2v) is 11.0. The van der Waals surface area contributed by atoms with Crippen LogP contribution in [0, 0.1) is 11.8 Å². The molecule has 0 saturated heterocycles. The zero-order valence-corrected chi connectivity index (χ0v) is 18.3. The number of nitrogens with one attached hydrogen (secondary N) is 2. The number of hydrogen-bond acceptors (Lipinski definition) is 4.